The maximum absolute atomic E-state index is 11.0. The Morgan fingerprint density at radius 2 is 2.38 bits per heavy atom. The normalized spacial score (nSPS) is 9.23. The smallest absolute Gasteiger partial charge is 0.300 e. The van der Waals surface area contributed by atoms with Gasteiger partial charge in [-0.15, -0.1) is 0 Å². The van der Waals surface area contributed by atoms with Gasteiger partial charge in [0, 0.05) is 30.3 Å². The lowest BCUT2D eigenvalue weighted by atomic mass is 10.6. The zero-order valence-electron chi connectivity index (χ0n) is 6.67. The van der Waals surface area contributed by atoms with Crippen LogP contribution < -0.4 is 11.2 Å². The van der Waals surface area contributed by atoms with Gasteiger partial charge in [-0.3, -0.25) is 9.78 Å². The summed E-state index contributed by atoms with van der Waals surface area (Å²) in [7, 11) is 0. The van der Waals surface area contributed by atoms with Crippen molar-refractivity contribution in [3.8, 4) is 0 Å². The number of azide groups is 1. The van der Waals surface area contributed by atoms with E-state index in [1.807, 2.05) is 0 Å². The van der Waals surface area contributed by atoms with E-state index < -0.39 is 11.2 Å². The second-order valence-electron chi connectivity index (χ2n) is 2.26. The molecule has 0 amide bonds. The van der Waals surface area contributed by atoms with Crippen LogP contribution >= 0.6 is 0 Å². The van der Waals surface area contributed by atoms with Gasteiger partial charge < -0.3 is 4.57 Å². The van der Waals surface area contributed by atoms with E-state index in [9.17, 15) is 9.59 Å². The van der Waals surface area contributed by atoms with E-state index in [4.69, 9.17) is 5.53 Å². The van der Waals surface area contributed by atoms with Crippen molar-refractivity contribution in [3.63, 3.8) is 0 Å². The highest BCUT2D eigenvalue weighted by atomic mass is 16.2. The van der Waals surface area contributed by atoms with E-state index in [0.29, 0.717) is 0 Å². The number of aromatic nitrogens is 2. The Bertz CT molecular complexity index is 439. The van der Waals surface area contributed by atoms with Crippen molar-refractivity contribution in [3.05, 3.63) is 43.5 Å². The molecule has 1 aromatic heterocycles. The standard InChI is InChI=1S/C6H7N5O2/c7-10-8-2-4-11-3-1-5(12)9-6(11)13/h1,3H,2,4H2,(H,9,12,13). The molecule has 1 rings (SSSR count). The Morgan fingerprint density at radius 3 is 3.00 bits per heavy atom. The summed E-state index contributed by atoms with van der Waals surface area (Å²) in [6.07, 6.45) is 1.36. The molecule has 1 aromatic rings. The van der Waals surface area contributed by atoms with Gasteiger partial charge in [-0.05, 0) is 5.53 Å². The van der Waals surface area contributed by atoms with Gasteiger partial charge >= 0.3 is 5.69 Å². The lowest BCUT2D eigenvalue weighted by Gasteiger charge is -1.99. The maximum atomic E-state index is 11.0. The Labute approximate surface area is 72.3 Å². The number of aromatic amines is 1. The molecule has 0 aliphatic rings. The molecule has 0 radical (unpaired) electrons. The fraction of sp³-hybridized carbons (Fsp3) is 0.333. The largest absolute Gasteiger partial charge is 0.328 e. The molecule has 13 heavy (non-hydrogen) atoms. The van der Waals surface area contributed by atoms with E-state index >= 15 is 0 Å². The minimum atomic E-state index is -0.499. The van der Waals surface area contributed by atoms with Crippen LogP contribution in [0.2, 0.25) is 0 Å². The van der Waals surface area contributed by atoms with Crippen molar-refractivity contribution < 1.29 is 0 Å². The predicted octanol–water partition coefficient (Wildman–Crippen LogP) is -0.153. The van der Waals surface area contributed by atoms with E-state index in [1.54, 1.807) is 0 Å². The van der Waals surface area contributed by atoms with Gasteiger partial charge in [0.2, 0.25) is 0 Å². The van der Waals surface area contributed by atoms with E-state index in [2.05, 4.69) is 15.0 Å². The van der Waals surface area contributed by atoms with Crippen LogP contribution in [0.25, 0.3) is 10.4 Å². The molecule has 68 valence electrons. The summed E-state index contributed by atoms with van der Waals surface area (Å²) >= 11 is 0. The Balaban J connectivity index is 2.84. The molecule has 0 saturated carbocycles. The highest BCUT2D eigenvalue weighted by molar-refractivity contribution is 4.82. The second kappa shape index (κ2) is 4.13. The molecule has 0 spiro atoms. The number of nitrogens with one attached hydrogen (secondary N) is 1. The number of hydrogen-bond acceptors (Lipinski definition) is 3. The zero-order chi connectivity index (χ0) is 9.68. The molecule has 1 N–H and O–H groups in total. The van der Waals surface area contributed by atoms with Crippen LogP contribution in [0.15, 0.2) is 27.0 Å². The molecule has 0 saturated heterocycles. The molecule has 0 aliphatic carbocycles. The summed E-state index contributed by atoms with van der Waals surface area (Å²) in [6.45, 7) is 0.447. The van der Waals surface area contributed by atoms with Crippen LogP contribution in [0.4, 0.5) is 0 Å². The molecule has 0 atom stereocenters. The molecule has 0 unspecified atom stereocenters. The van der Waals surface area contributed by atoms with Crippen LogP contribution in [-0.2, 0) is 6.54 Å². The number of H-pyrrole nitrogens is 1. The first kappa shape index (κ1) is 9.08. The molecule has 7 nitrogen and oxygen atoms in total. The van der Waals surface area contributed by atoms with Gasteiger partial charge in [-0.25, -0.2) is 4.79 Å². The third-order valence-electron chi connectivity index (χ3n) is 1.40. The molecule has 7 heteroatoms. The lowest BCUT2D eigenvalue weighted by molar-refractivity contribution is 0.654. The monoisotopic (exact) mass is 181 g/mol. The molecular weight excluding hydrogens is 174 g/mol. The summed E-state index contributed by atoms with van der Waals surface area (Å²) in [5, 5.41) is 3.26. The van der Waals surface area contributed by atoms with Crippen LogP contribution in [0.1, 0.15) is 0 Å². The minimum absolute atomic E-state index is 0.183. The maximum Gasteiger partial charge on any atom is 0.328 e. The fourth-order valence-corrected chi connectivity index (χ4v) is 0.817. The minimum Gasteiger partial charge on any atom is -0.300 e. The summed E-state index contributed by atoms with van der Waals surface area (Å²) in [5.74, 6) is 0. The first-order chi connectivity index (χ1) is 6.24. The first-order valence-electron chi connectivity index (χ1n) is 3.54. The molecule has 0 bridgehead atoms. The fourth-order valence-electron chi connectivity index (χ4n) is 0.817. The SMILES string of the molecule is [N-]=[N+]=NCCn1ccc(=O)[nH]c1=O. The number of rotatable bonds is 3. The molecule has 0 fully saturated rings. The Kier molecular flexibility index (Phi) is 2.88. The Hall–Kier alpha value is -2.01. The van der Waals surface area contributed by atoms with Gasteiger partial charge in [0.1, 0.15) is 0 Å². The average Bonchev–Trinajstić information content (AvgIpc) is 2.09. The van der Waals surface area contributed by atoms with Gasteiger partial charge in [0.05, 0.1) is 0 Å². The van der Waals surface area contributed by atoms with Crippen LogP contribution in [0.3, 0.4) is 0 Å². The third kappa shape index (κ3) is 2.49. The summed E-state index contributed by atoms with van der Waals surface area (Å²) in [6, 6.07) is 1.23. The Morgan fingerprint density at radius 1 is 1.62 bits per heavy atom. The lowest BCUT2D eigenvalue weighted by Crippen LogP contribution is -2.29. The van der Waals surface area contributed by atoms with Crippen molar-refractivity contribution in [2.45, 2.75) is 6.54 Å². The van der Waals surface area contributed by atoms with Gasteiger partial charge in [0.25, 0.3) is 5.56 Å². The van der Waals surface area contributed by atoms with Crippen molar-refractivity contribution in [2.24, 2.45) is 5.11 Å². The van der Waals surface area contributed by atoms with Gasteiger partial charge in [-0.1, -0.05) is 5.11 Å². The van der Waals surface area contributed by atoms with Crippen LogP contribution in [0, 0.1) is 0 Å². The summed E-state index contributed by atoms with van der Waals surface area (Å²) in [5.41, 5.74) is 7.03. The number of nitrogens with zero attached hydrogens (tertiary/aromatic N) is 4. The highest BCUT2D eigenvalue weighted by Crippen LogP contribution is 1.78. The second-order valence-corrected chi connectivity index (χ2v) is 2.26. The number of hydrogen-bond donors (Lipinski definition) is 1. The highest BCUT2D eigenvalue weighted by Gasteiger charge is 1.93. The quantitative estimate of drug-likeness (QED) is 0.398. The topological polar surface area (TPSA) is 104 Å². The zero-order valence-corrected chi connectivity index (χ0v) is 6.67. The predicted molar refractivity (Wildman–Crippen MR) is 45.3 cm³/mol. The summed E-state index contributed by atoms with van der Waals surface area (Å²) < 4.78 is 1.26. The molecule has 0 aromatic carbocycles. The summed E-state index contributed by atoms with van der Waals surface area (Å²) in [4.78, 5) is 26.2. The van der Waals surface area contributed by atoms with Crippen molar-refractivity contribution in [1.29, 1.82) is 0 Å². The van der Waals surface area contributed by atoms with Crippen molar-refractivity contribution >= 4 is 0 Å². The van der Waals surface area contributed by atoms with Crippen molar-refractivity contribution in [2.75, 3.05) is 6.54 Å². The molecular formula is C6H7N5O2. The van der Waals surface area contributed by atoms with Crippen molar-refractivity contribution in [1.82, 2.24) is 9.55 Å². The van der Waals surface area contributed by atoms with Gasteiger partial charge in [0.15, 0.2) is 0 Å². The van der Waals surface area contributed by atoms with E-state index in [1.165, 1.54) is 16.8 Å². The average molecular weight is 181 g/mol. The van der Waals surface area contributed by atoms with E-state index in [0.717, 1.165) is 0 Å². The van der Waals surface area contributed by atoms with E-state index in [-0.39, 0.29) is 13.1 Å². The third-order valence-corrected chi connectivity index (χ3v) is 1.40. The van der Waals surface area contributed by atoms with Crippen LogP contribution in [0.5, 0.6) is 0 Å². The van der Waals surface area contributed by atoms with Crippen LogP contribution in [-0.4, -0.2) is 16.1 Å². The van der Waals surface area contributed by atoms with Gasteiger partial charge in [-0.2, -0.15) is 0 Å². The first-order valence-corrected chi connectivity index (χ1v) is 3.54. The molecule has 1 heterocycles. The molecule has 0 aliphatic heterocycles.